The Balaban J connectivity index is 0.00000225. The Morgan fingerprint density at radius 2 is 1.71 bits per heavy atom. The second kappa shape index (κ2) is 6.64. The summed E-state index contributed by atoms with van der Waals surface area (Å²) in [6, 6.07) is 7.37. The van der Waals surface area contributed by atoms with E-state index in [4.69, 9.17) is 0 Å². The maximum Gasteiger partial charge on any atom is 0.327 e. The molecule has 0 saturated carbocycles. The molecule has 1 unspecified atom stereocenters. The molecule has 7 nitrogen and oxygen atoms in total. The number of hydrogen-bond acceptors (Lipinski definition) is 5. The Bertz CT molecular complexity index is 832. The number of carbonyl (C=O) groups is 3. The Morgan fingerprint density at radius 3 is 2.29 bits per heavy atom. The number of fused-ring (bicyclic) bond motifs is 1. The molecule has 4 atom stereocenters. The summed E-state index contributed by atoms with van der Waals surface area (Å²) < 4.78 is -0.611. The number of rotatable bonds is 3. The number of nitrogens with one attached hydrogen (secondary N) is 1. The highest BCUT2D eigenvalue weighted by Crippen LogP contribution is 2.53. The molecule has 0 spiro atoms. The van der Waals surface area contributed by atoms with Crippen molar-refractivity contribution in [2.45, 2.75) is 61.6 Å². The number of thioether (sulfide) groups is 1. The molecule has 2 N–H and O–H groups in total. The van der Waals surface area contributed by atoms with Crippen LogP contribution in [0.25, 0.3) is 0 Å². The van der Waals surface area contributed by atoms with Crippen molar-refractivity contribution in [2.24, 2.45) is 0 Å². The molecule has 0 bridgehead atoms. The number of nitrogens with zero attached hydrogens (tertiary/aromatic N) is 2. The number of amides is 2. The van der Waals surface area contributed by atoms with Crippen LogP contribution in [0, 0.1) is 0 Å². The van der Waals surface area contributed by atoms with Gasteiger partial charge in [0.25, 0.3) is 0 Å². The second-order valence-corrected chi connectivity index (χ2v) is 10.1. The monoisotopic (exact) mass is 425 g/mol. The largest absolute Gasteiger partial charge is 0.480 e. The van der Waals surface area contributed by atoms with Gasteiger partial charge in [-0.15, -0.1) is 24.2 Å². The SMILES string of the molecule is CC1(C)S[C@@H]2[C@H](N3C(=O)C(c4ccccc4)NC3(C)C)C(=O)N2[C@H]1C(=O)O.Cl. The Labute approximate surface area is 174 Å². The van der Waals surface area contributed by atoms with E-state index in [0.717, 1.165) is 5.56 Å². The Morgan fingerprint density at radius 1 is 1.11 bits per heavy atom. The van der Waals surface area contributed by atoms with Gasteiger partial charge in [-0.1, -0.05) is 30.3 Å². The molecule has 3 aliphatic heterocycles. The van der Waals surface area contributed by atoms with Crippen molar-refractivity contribution in [1.29, 1.82) is 0 Å². The minimum absolute atomic E-state index is 0. The van der Waals surface area contributed by atoms with E-state index in [0.29, 0.717) is 0 Å². The lowest BCUT2D eigenvalue weighted by molar-refractivity contribution is -0.170. The smallest absolute Gasteiger partial charge is 0.327 e. The summed E-state index contributed by atoms with van der Waals surface area (Å²) in [5.41, 5.74) is 0.139. The van der Waals surface area contributed by atoms with E-state index >= 15 is 0 Å². The van der Waals surface area contributed by atoms with Crippen LogP contribution in [0.5, 0.6) is 0 Å². The molecule has 0 aromatic heterocycles. The molecular weight excluding hydrogens is 402 g/mol. The van der Waals surface area contributed by atoms with E-state index in [2.05, 4.69) is 5.32 Å². The zero-order chi connectivity index (χ0) is 19.7. The van der Waals surface area contributed by atoms with Crippen molar-refractivity contribution >= 4 is 42.0 Å². The van der Waals surface area contributed by atoms with Crippen LogP contribution in [0.1, 0.15) is 39.3 Å². The summed E-state index contributed by atoms with van der Waals surface area (Å²) in [4.78, 5) is 40.9. The summed E-state index contributed by atoms with van der Waals surface area (Å²) in [5, 5.41) is 12.6. The third-order valence-corrected chi connectivity index (χ3v) is 7.20. The topological polar surface area (TPSA) is 90.0 Å². The number of hydrogen-bond donors (Lipinski definition) is 2. The summed E-state index contributed by atoms with van der Waals surface area (Å²) in [5.74, 6) is -1.45. The first-order valence-corrected chi connectivity index (χ1v) is 9.83. The lowest BCUT2D eigenvalue weighted by atomic mass is 9.94. The number of carboxylic acid groups (broad SMARTS) is 1. The van der Waals surface area contributed by atoms with Crippen LogP contribution in [0.15, 0.2) is 30.3 Å². The predicted octanol–water partition coefficient (Wildman–Crippen LogP) is 1.83. The summed E-state index contributed by atoms with van der Waals surface area (Å²) in [7, 11) is 0. The molecule has 28 heavy (non-hydrogen) atoms. The summed E-state index contributed by atoms with van der Waals surface area (Å²) >= 11 is 1.46. The van der Waals surface area contributed by atoms with Gasteiger partial charge in [0, 0.05) is 4.75 Å². The van der Waals surface area contributed by atoms with Gasteiger partial charge < -0.3 is 14.9 Å². The maximum atomic E-state index is 13.2. The predicted molar refractivity (Wildman–Crippen MR) is 108 cm³/mol. The molecule has 3 aliphatic rings. The van der Waals surface area contributed by atoms with Crippen molar-refractivity contribution < 1.29 is 19.5 Å². The molecule has 152 valence electrons. The van der Waals surface area contributed by atoms with Crippen molar-refractivity contribution in [3.8, 4) is 0 Å². The Hall–Kier alpha value is -1.77. The highest BCUT2D eigenvalue weighted by Gasteiger charge is 2.68. The third-order valence-electron chi connectivity index (χ3n) is 5.64. The zero-order valence-electron chi connectivity index (χ0n) is 16.1. The maximum absolute atomic E-state index is 13.2. The number of benzene rings is 1. The van der Waals surface area contributed by atoms with Crippen LogP contribution >= 0.6 is 24.2 Å². The fourth-order valence-electron chi connectivity index (χ4n) is 4.49. The molecular formula is C19H24ClN3O4S. The lowest BCUT2D eigenvalue weighted by Gasteiger charge is -2.50. The molecule has 0 aliphatic carbocycles. The van der Waals surface area contributed by atoms with Gasteiger partial charge in [-0.2, -0.15) is 0 Å². The van der Waals surface area contributed by atoms with Crippen LogP contribution < -0.4 is 5.32 Å². The van der Waals surface area contributed by atoms with E-state index in [-0.39, 0.29) is 29.6 Å². The number of aliphatic carboxylic acids is 1. The highest BCUT2D eigenvalue weighted by molar-refractivity contribution is 8.01. The normalized spacial score (nSPS) is 32.6. The number of carboxylic acids is 1. The average Bonchev–Trinajstić information content (AvgIpc) is 2.98. The summed E-state index contributed by atoms with van der Waals surface area (Å²) in [6.45, 7) is 7.43. The minimum Gasteiger partial charge on any atom is -0.480 e. The van der Waals surface area contributed by atoms with Gasteiger partial charge in [0.1, 0.15) is 23.5 Å². The third kappa shape index (κ3) is 2.81. The van der Waals surface area contributed by atoms with Crippen molar-refractivity contribution in [2.75, 3.05) is 0 Å². The van der Waals surface area contributed by atoms with Gasteiger partial charge in [-0.3, -0.25) is 14.9 Å². The molecule has 3 saturated heterocycles. The van der Waals surface area contributed by atoms with E-state index in [9.17, 15) is 19.5 Å². The fraction of sp³-hybridized carbons (Fsp3) is 0.526. The zero-order valence-corrected chi connectivity index (χ0v) is 17.7. The lowest BCUT2D eigenvalue weighted by Crippen LogP contribution is -2.73. The van der Waals surface area contributed by atoms with Crippen LogP contribution in [-0.4, -0.2) is 60.6 Å². The van der Waals surface area contributed by atoms with Crippen LogP contribution in [-0.2, 0) is 14.4 Å². The molecule has 2 amide bonds. The molecule has 1 aromatic rings. The van der Waals surface area contributed by atoms with Gasteiger partial charge in [0.2, 0.25) is 11.8 Å². The first kappa shape index (κ1) is 21.0. The van der Waals surface area contributed by atoms with Crippen LogP contribution in [0.2, 0.25) is 0 Å². The number of carbonyl (C=O) groups excluding carboxylic acids is 2. The highest BCUT2D eigenvalue weighted by atomic mass is 35.5. The van der Waals surface area contributed by atoms with Gasteiger partial charge >= 0.3 is 5.97 Å². The van der Waals surface area contributed by atoms with Gasteiger partial charge in [0.05, 0.1) is 5.66 Å². The standard InChI is InChI=1S/C19H23N3O4S.ClH/c1-18(2)13(17(25)26)21-15(24)12(16(21)27-18)22-14(23)11(20-19(22,3)4)10-8-6-5-7-9-10;/h5-9,11-13,16,20H,1-4H3,(H,25,26);1H/t11?,12-,13+,16-;/m1./s1. The quantitative estimate of drug-likeness (QED) is 0.718. The van der Waals surface area contributed by atoms with E-state index in [1.165, 1.54) is 16.7 Å². The van der Waals surface area contributed by atoms with Gasteiger partial charge in [-0.05, 0) is 33.3 Å². The molecule has 0 radical (unpaired) electrons. The number of β-lactam (4-membered cyclic amide) rings is 1. The number of halogens is 1. The molecule has 9 heteroatoms. The molecule has 3 heterocycles. The van der Waals surface area contributed by atoms with Gasteiger partial charge in [-0.25, -0.2) is 4.79 Å². The van der Waals surface area contributed by atoms with Gasteiger partial charge in [0.15, 0.2) is 0 Å². The molecule has 3 fully saturated rings. The van der Waals surface area contributed by atoms with Crippen LogP contribution in [0.3, 0.4) is 0 Å². The van der Waals surface area contributed by atoms with Crippen molar-refractivity contribution in [3.05, 3.63) is 35.9 Å². The minimum atomic E-state index is -1.01. The Kier molecular flexibility index (Phi) is 4.97. The van der Waals surface area contributed by atoms with Crippen LogP contribution in [0.4, 0.5) is 0 Å². The van der Waals surface area contributed by atoms with E-state index < -0.39 is 34.5 Å². The molecule has 1 aromatic carbocycles. The first-order valence-electron chi connectivity index (χ1n) is 8.95. The van der Waals surface area contributed by atoms with Crippen molar-refractivity contribution in [1.82, 2.24) is 15.1 Å². The second-order valence-electron chi connectivity index (χ2n) is 8.30. The summed E-state index contributed by atoms with van der Waals surface area (Å²) in [6.07, 6.45) is 0. The van der Waals surface area contributed by atoms with Crippen molar-refractivity contribution in [3.63, 3.8) is 0 Å². The van der Waals surface area contributed by atoms with E-state index in [1.807, 2.05) is 58.0 Å². The fourth-order valence-corrected chi connectivity index (χ4v) is 6.16. The van der Waals surface area contributed by atoms with E-state index in [1.54, 1.807) is 4.90 Å². The first-order chi connectivity index (χ1) is 12.6. The molecule has 4 rings (SSSR count). The average molecular weight is 426 g/mol.